The van der Waals surface area contributed by atoms with Crippen LogP contribution in [0.15, 0.2) is 290 Å². The van der Waals surface area contributed by atoms with E-state index in [1.54, 1.807) is 13.0 Å². The van der Waals surface area contributed by atoms with Crippen LogP contribution in [-0.2, 0) is 65.4 Å². The first-order valence-electron chi connectivity index (χ1n) is 38.4. The summed E-state index contributed by atoms with van der Waals surface area (Å²) in [6.07, 6.45) is 9.84. The number of rotatable bonds is 38. The maximum Gasteiger partial charge on any atom is 0.306 e. The third-order valence-corrected chi connectivity index (χ3v) is 23.0. The zero-order chi connectivity index (χ0) is 83.6. The average Bonchev–Trinajstić information content (AvgIpc) is 0.851. The lowest BCUT2D eigenvalue weighted by Gasteiger charge is -2.27. The Morgan fingerprint density at radius 3 is 0.783 bits per heavy atom. The summed E-state index contributed by atoms with van der Waals surface area (Å²) < 4.78 is 28.8. The van der Waals surface area contributed by atoms with Gasteiger partial charge in [-0.1, -0.05) is 271 Å². The molecule has 0 radical (unpaired) electrons. The minimum atomic E-state index is -0.855. The van der Waals surface area contributed by atoms with Gasteiger partial charge in [-0.2, -0.15) is 0 Å². The van der Waals surface area contributed by atoms with Crippen molar-refractivity contribution in [2.24, 2.45) is 0 Å². The molecule has 0 saturated heterocycles. The van der Waals surface area contributed by atoms with Gasteiger partial charge in [-0.05, 0) is 257 Å². The Labute approximate surface area is 748 Å². The lowest BCUT2D eigenvalue weighted by atomic mass is 9.85. The van der Waals surface area contributed by atoms with Crippen LogP contribution in [0.1, 0.15) is 152 Å². The zero-order valence-electron chi connectivity index (χ0n) is 65.4. The van der Waals surface area contributed by atoms with Gasteiger partial charge in [-0.3, -0.25) is 9.59 Å². The fourth-order valence-electron chi connectivity index (χ4n) is 13.5. The third kappa shape index (κ3) is 36.3. The molecule has 5 unspecified atom stereocenters. The summed E-state index contributed by atoms with van der Waals surface area (Å²) >= 11 is 47.2. The van der Waals surface area contributed by atoms with Crippen molar-refractivity contribution in [1.82, 2.24) is 0 Å². The second-order valence-corrected chi connectivity index (χ2v) is 34.2. The lowest BCUT2D eigenvalue weighted by molar-refractivity contribution is -0.140. The highest BCUT2D eigenvalue weighted by Gasteiger charge is 2.30. The van der Waals surface area contributed by atoms with Gasteiger partial charge in [0.1, 0.15) is 12.1 Å². The van der Waals surface area contributed by atoms with Crippen molar-refractivity contribution < 1.29 is 43.5 Å². The molecule has 0 amide bonds. The lowest BCUT2D eigenvalue weighted by Crippen LogP contribution is -2.27. The van der Waals surface area contributed by atoms with Gasteiger partial charge in [0, 0.05) is 116 Å². The monoisotopic (exact) mass is 1970 g/mol. The van der Waals surface area contributed by atoms with Crippen molar-refractivity contribution in [3.05, 3.63) is 371 Å². The summed E-state index contributed by atoms with van der Waals surface area (Å²) in [5.41, 5.74) is 11.7. The highest BCUT2D eigenvalue weighted by Crippen LogP contribution is 2.36. The van der Waals surface area contributed by atoms with Crippen molar-refractivity contribution in [2.75, 3.05) is 26.4 Å². The van der Waals surface area contributed by atoms with E-state index in [1.165, 1.54) is 33.4 Å². The third-order valence-electron chi connectivity index (χ3n) is 19.1. The molecular formula is C96H102Br5Cl5O9. The van der Waals surface area contributed by atoms with E-state index in [4.69, 9.17) is 77.0 Å². The highest BCUT2D eigenvalue weighted by molar-refractivity contribution is 9.11. The number of ketones is 1. The number of aliphatic hydroxyl groups is 1. The second-order valence-electron chi connectivity index (χ2n) is 27.4. The molecule has 115 heavy (non-hydrogen) atoms. The molecule has 0 aliphatic rings. The molecule has 0 saturated carbocycles. The molecule has 2 N–H and O–H groups in total. The normalized spacial score (nSPS) is 13.5. The van der Waals surface area contributed by atoms with Crippen molar-refractivity contribution >= 4 is 156 Å². The number of ether oxygens (including phenoxy) is 4. The molecule has 0 heterocycles. The maximum atomic E-state index is 11.7. The highest BCUT2D eigenvalue weighted by atomic mass is 79.9. The first-order valence-corrected chi connectivity index (χ1v) is 44.2. The number of carbonyl (C=O) groups excluding carboxylic acids is 2. The fraction of sp³-hybridized carbons (Fsp3) is 0.302. The topological polar surface area (TPSA) is 129 Å². The van der Waals surface area contributed by atoms with E-state index in [0.29, 0.717) is 57.1 Å². The van der Waals surface area contributed by atoms with E-state index in [1.807, 2.05) is 204 Å². The maximum absolute atomic E-state index is 11.7. The van der Waals surface area contributed by atoms with Crippen LogP contribution in [0.3, 0.4) is 0 Å². The fourth-order valence-corrected chi connectivity index (χ4v) is 15.4. The zero-order valence-corrected chi connectivity index (χ0v) is 77.2. The number of hydrogen-bond donors (Lipinski definition) is 2. The van der Waals surface area contributed by atoms with Crippen molar-refractivity contribution in [2.45, 2.75) is 159 Å². The Morgan fingerprint density at radius 1 is 0.339 bits per heavy atom. The Bertz CT molecular complexity index is 4200. The molecule has 0 aromatic heterocycles. The molecule has 0 aliphatic heterocycles. The van der Waals surface area contributed by atoms with Gasteiger partial charge in [0.2, 0.25) is 0 Å². The Kier molecular flexibility index (Phi) is 46.3. The second kappa shape index (κ2) is 54.3. The molecule has 610 valence electrons. The van der Waals surface area contributed by atoms with E-state index in [0.717, 1.165) is 103 Å². The predicted molar refractivity (Wildman–Crippen MR) is 496 cm³/mol. The number of Topliss-reactive ketones (excluding diaryl/α,β-unsaturated/α-hetero) is 1. The van der Waals surface area contributed by atoms with Crippen LogP contribution in [0.4, 0.5) is 0 Å². The number of aldehydes is 1. The van der Waals surface area contributed by atoms with Crippen LogP contribution in [0, 0.1) is 0 Å². The van der Waals surface area contributed by atoms with Gasteiger partial charge in [-0.15, -0.1) is 13.2 Å². The minimum absolute atomic E-state index is 0.0256. The number of hydrogen-bond acceptors (Lipinski definition) is 8. The van der Waals surface area contributed by atoms with Crippen molar-refractivity contribution in [1.29, 1.82) is 0 Å². The molecule has 0 aliphatic carbocycles. The van der Waals surface area contributed by atoms with Gasteiger partial charge >= 0.3 is 5.97 Å². The molecule has 0 spiro atoms. The van der Waals surface area contributed by atoms with Gasteiger partial charge in [0.05, 0.1) is 36.9 Å². The van der Waals surface area contributed by atoms with Gasteiger partial charge in [0.25, 0.3) is 0 Å². The number of carbonyl (C=O) groups is 3. The van der Waals surface area contributed by atoms with Crippen LogP contribution in [0.2, 0.25) is 25.1 Å². The van der Waals surface area contributed by atoms with Crippen LogP contribution in [0.25, 0.3) is 0 Å². The summed E-state index contributed by atoms with van der Waals surface area (Å²) in [4.78, 5) is 34.0. The predicted octanol–water partition coefficient (Wildman–Crippen LogP) is 28.3. The molecule has 19 heteroatoms. The number of carboxylic acids is 1. The molecule has 9 nitrogen and oxygen atoms in total. The molecule has 10 aromatic carbocycles. The van der Waals surface area contributed by atoms with Crippen molar-refractivity contribution in [3.63, 3.8) is 0 Å². The SMILES string of the molecule is C=CC[C@@H](O)C(Cc1ccc(Cl)cc1)c1ccc(Br)cc1.C=CC[C@@H](OCC)C(Cc1ccc(Cl)cc1)c1ccc(Br)cc1.CCO[C@H](CC(=O)O)C(Cc1ccc(Cl)cc1)c1ccc(Br)cc1.CCO[C@H](CC(C)=O)C(Cc1ccc(Cl)cc1)c1ccc(Br)cc1.CCO[C@H](CC=O)C(Cc1ccc(Cl)cc1)c1ccc(Br)cc1. The summed E-state index contributed by atoms with van der Waals surface area (Å²) in [5.74, 6) is -0.203. The average molecular weight is 1980 g/mol. The van der Waals surface area contributed by atoms with Crippen LogP contribution in [-0.4, -0.2) is 85.2 Å². The minimum Gasteiger partial charge on any atom is -0.481 e. The first-order chi connectivity index (χ1) is 55.3. The van der Waals surface area contributed by atoms with Gasteiger partial charge in [0.15, 0.2) is 0 Å². The number of halogens is 10. The smallest absolute Gasteiger partial charge is 0.306 e. The summed E-state index contributed by atoms with van der Waals surface area (Å²) in [5, 5.41) is 23.3. The molecule has 10 atom stereocenters. The molecule has 0 fully saturated rings. The molecule has 10 aromatic rings. The quantitative estimate of drug-likeness (QED) is 0.0287. The van der Waals surface area contributed by atoms with Crippen LogP contribution < -0.4 is 0 Å². The number of carboxylic acid groups (broad SMARTS) is 1. The number of aliphatic carboxylic acids is 1. The number of aliphatic hydroxyl groups excluding tert-OH is 1. The summed E-state index contributed by atoms with van der Waals surface area (Å²) in [7, 11) is 0. The van der Waals surface area contributed by atoms with Crippen LogP contribution in [0.5, 0.6) is 0 Å². The summed E-state index contributed by atoms with van der Waals surface area (Å²) in [6.45, 7) is 19.4. The molecule has 0 bridgehead atoms. The van der Waals surface area contributed by atoms with Crippen LogP contribution >= 0.6 is 138 Å². The Balaban J connectivity index is 0.000000224. The number of benzene rings is 10. The summed E-state index contributed by atoms with van der Waals surface area (Å²) in [6, 6.07) is 80.2. The van der Waals surface area contributed by atoms with E-state index in [9.17, 15) is 24.6 Å². The van der Waals surface area contributed by atoms with E-state index in [-0.39, 0.29) is 66.2 Å². The molecule has 10 rings (SSSR count). The molecular weight excluding hydrogens is 1870 g/mol. The van der Waals surface area contributed by atoms with Gasteiger partial charge in [-0.25, -0.2) is 0 Å². The van der Waals surface area contributed by atoms with E-state index >= 15 is 0 Å². The Hall–Kier alpha value is -5.86. The van der Waals surface area contributed by atoms with Crippen molar-refractivity contribution in [3.8, 4) is 0 Å². The first kappa shape index (κ1) is 98.0. The van der Waals surface area contributed by atoms with E-state index < -0.39 is 12.1 Å². The standard InChI is InChI=1S/C20H22BrClO2.C20H22BrClO.C19H20BrClO3.C19H20BrClO2.C18H18BrClO/c1-3-24-20(12-14(2)23)19(16-6-8-17(21)9-7-16)13-15-4-10-18(22)11-5-15;1-3-5-20(23-4-2)19(16-8-10-17(21)11-9-16)14-15-6-12-18(22)13-7-15;1-2-24-18(12-19(22)23)17(14-5-7-15(20)8-6-14)11-13-3-9-16(21)10-4-13;1-2-23-19(11-12-22)18(15-5-7-16(20)8-6-15)13-14-3-9-17(21)10-4-14;1-2-3-18(21)17(14-6-8-15(19)9-7-14)12-13-4-10-16(20)11-5-13/h4-11,19-20H,3,12-13H2,1-2H3;3,6-13,19-20H,1,4-5,14H2,2H3;3-10,17-18H,2,11-12H2,1H3,(H,22,23);3-10,12,18-19H,2,11,13H2,1H3;2,4-11,17-18,21H,1,3,12H2/t2*19?,20-;17?,18-;18?,19-;17?,18-/m11111/s1. The van der Waals surface area contributed by atoms with Gasteiger partial charge < -0.3 is 34.0 Å². The largest absolute Gasteiger partial charge is 0.481 e. The van der Waals surface area contributed by atoms with E-state index in [2.05, 4.69) is 166 Å². The Morgan fingerprint density at radius 2 is 0.557 bits per heavy atom.